The van der Waals surface area contributed by atoms with Crippen molar-refractivity contribution in [2.24, 2.45) is 0 Å². The van der Waals surface area contributed by atoms with Gasteiger partial charge in [-0.05, 0) is 77.4 Å². The van der Waals surface area contributed by atoms with Gasteiger partial charge in [0.2, 0.25) is 11.8 Å². The van der Waals surface area contributed by atoms with Crippen molar-refractivity contribution in [2.45, 2.75) is 31.7 Å². The summed E-state index contributed by atoms with van der Waals surface area (Å²) in [5.74, 6) is 0.138. The molecule has 0 saturated carbocycles. The minimum atomic E-state index is -0.335. The third kappa shape index (κ3) is 5.87. The van der Waals surface area contributed by atoms with E-state index in [0.29, 0.717) is 41.4 Å². The maximum absolute atomic E-state index is 13.0. The first-order valence-corrected chi connectivity index (χ1v) is 12.2. The Morgan fingerprint density at radius 3 is 2.92 bits per heavy atom. The van der Waals surface area contributed by atoms with Crippen molar-refractivity contribution in [2.75, 3.05) is 5.32 Å². The molecule has 37 heavy (non-hydrogen) atoms. The van der Waals surface area contributed by atoms with Crippen LogP contribution in [0.4, 0.5) is 5.82 Å². The van der Waals surface area contributed by atoms with Gasteiger partial charge in [0, 0.05) is 41.0 Å². The predicted molar refractivity (Wildman–Crippen MR) is 139 cm³/mol. The van der Waals surface area contributed by atoms with Crippen molar-refractivity contribution in [1.29, 1.82) is 0 Å². The van der Waals surface area contributed by atoms with Gasteiger partial charge < -0.3 is 10.6 Å². The highest BCUT2D eigenvalue weighted by Gasteiger charge is 2.19. The highest BCUT2D eigenvalue weighted by Crippen LogP contribution is 2.29. The minimum absolute atomic E-state index is 0.0850. The SMILES string of the molecule is O=C(C=Cc1cc(Cl)ccc1-n1cnnn1)NC1CCCCC(=O)Nc2ncccc2-c2ccnc1c2. The van der Waals surface area contributed by atoms with Gasteiger partial charge in [-0.25, -0.2) is 4.98 Å². The molecule has 1 aliphatic rings. The number of carbonyl (C=O) groups excluding carboxylic acids is 2. The molecule has 0 radical (unpaired) electrons. The Morgan fingerprint density at radius 2 is 2.05 bits per heavy atom. The fourth-order valence-corrected chi connectivity index (χ4v) is 4.37. The number of anilines is 1. The number of aromatic nitrogens is 6. The molecule has 2 amide bonds. The van der Waals surface area contributed by atoms with Gasteiger partial charge in [0.1, 0.15) is 12.1 Å². The molecule has 1 aliphatic heterocycles. The molecule has 0 spiro atoms. The number of pyridine rings is 2. The average molecular weight is 515 g/mol. The lowest BCUT2D eigenvalue weighted by molar-refractivity contribution is -0.118. The first kappa shape index (κ1) is 24.3. The third-order valence-corrected chi connectivity index (χ3v) is 6.21. The zero-order valence-electron chi connectivity index (χ0n) is 19.7. The van der Waals surface area contributed by atoms with Crippen molar-refractivity contribution in [1.82, 2.24) is 35.5 Å². The quantitative estimate of drug-likeness (QED) is 0.391. The Hall–Kier alpha value is -4.44. The third-order valence-electron chi connectivity index (χ3n) is 5.98. The zero-order chi connectivity index (χ0) is 25.6. The molecule has 4 aromatic rings. The van der Waals surface area contributed by atoms with Gasteiger partial charge in [0.25, 0.3) is 0 Å². The summed E-state index contributed by atoms with van der Waals surface area (Å²) < 4.78 is 1.50. The van der Waals surface area contributed by atoms with Gasteiger partial charge >= 0.3 is 0 Å². The highest BCUT2D eigenvalue weighted by molar-refractivity contribution is 6.30. The number of hydrogen-bond acceptors (Lipinski definition) is 7. The number of rotatable bonds is 4. The summed E-state index contributed by atoms with van der Waals surface area (Å²) in [5.41, 5.74) is 3.75. The average Bonchev–Trinajstić information content (AvgIpc) is 3.44. The van der Waals surface area contributed by atoms with E-state index in [4.69, 9.17) is 11.6 Å². The second-order valence-electron chi connectivity index (χ2n) is 8.51. The molecule has 5 rings (SSSR count). The maximum Gasteiger partial charge on any atom is 0.244 e. The van der Waals surface area contributed by atoms with Gasteiger partial charge in [0.15, 0.2) is 0 Å². The van der Waals surface area contributed by atoms with Crippen molar-refractivity contribution in [3.63, 3.8) is 0 Å². The summed E-state index contributed by atoms with van der Waals surface area (Å²) in [7, 11) is 0. The van der Waals surface area contributed by atoms with E-state index >= 15 is 0 Å². The van der Waals surface area contributed by atoms with E-state index < -0.39 is 0 Å². The number of carbonyl (C=O) groups is 2. The normalized spacial score (nSPS) is 15.8. The number of nitrogens with zero attached hydrogens (tertiary/aromatic N) is 6. The predicted octanol–water partition coefficient (Wildman–Crippen LogP) is 4.16. The van der Waals surface area contributed by atoms with Crippen molar-refractivity contribution < 1.29 is 9.59 Å². The number of amides is 2. The molecule has 3 aromatic heterocycles. The Morgan fingerprint density at radius 1 is 1.14 bits per heavy atom. The van der Waals surface area contributed by atoms with Gasteiger partial charge in [-0.15, -0.1) is 5.10 Å². The topological polar surface area (TPSA) is 128 Å². The summed E-state index contributed by atoms with van der Waals surface area (Å²) in [6, 6.07) is 12.4. The van der Waals surface area contributed by atoms with Gasteiger partial charge in [-0.1, -0.05) is 18.0 Å². The second kappa shape index (κ2) is 11.1. The summed E-state index contributed by atoms with van der Waals surface area (Å²) in [6.45, 7) is 0. The summed E-state index contributed by atoms with van der Waals surface area (Å²) in [6.07, 6.45) is 10.4. The monoisotopic (exact) mass is 514 g/mol. The first-order valence-electron chi connectivity index (χ1n) is 11.8. The van der Waals surface area contributed by atoms with Crippen LogP contribution in [0.3, 0.4) is 0 Å². The van der Waals surface area contributed by atoms with Crippen LogP contribution in [0.5, 0.6) is 0 Å². The highest BCUT2D eigenvalue weighted by atomic mass is 35.5. The molecular weight excluding hydrogens is 492 g/mol. The summed E-state index contributed by atoms with van der Waals surface area (Å²) in [4.78, 5) is 34.3. The Bertz CT molecular complexity index is 1450. The van der Waals surface area contributed by atoms with Crippen LogP contribution in [0.2, 0.25) is 5.02 Å². The fraction of sp³-hybridized carbons (Fsp3) is 0.192. The molecule has 1 unspecified atom stereocenters. The van der Waals surface area contributed by atoms with Crippen molar-refractivity contribution in [3.8, 4) is 16.8 Å². The lowest BCUT2D eigenvalue weighted by Crippen LogP contribution is -2.28. The molecule has 0 aliphatic carbocycles. The van der Waals surface area contributed by atoms with E-state index in [1.165, 1.54) is 17.1 Å². The molecule has 1 atom stereocenters. The summed E-state index contributed by atoms with van der Waals surface area (Å²) >= 11 is 6.18. The van der Waals surface area contributed by atoms with E-state index in [2.05, 4.69) is 36.1 Å². The largest absolute Gasteiger partial charge is 0.344 e. The molecule has 0 saturated heterocycles. The molecule has 2 bridgehead atoms. The number of tetrazole rings is 1. The van der Waals surface area contributed by atoms with Gasteiger partial charge in [-0.3, -0.25) is 14.6 Å². The molecule has 2 N–H and O–H groups in total. The van der Waals surface area contributed by atoms with E-state index in [1.54, 1.807) is 36.7 Å². The Balaban J connectivity index is 1.41. The molecule has 1 aromatic carbocycles. The van der Waals surface area contributed by atoms with Crippen LogP contribution in [-0.2, 0) is 9.59 Å². The summed E-state index contributed by atoms with van der Waals surface area (Å²) in [5, 5.41) is 17.8. The number of fused-ring (bicyclic) bond motifs is 4. The Labute approximate surface area is 217 Å². The molecule has 11 heteroatoms. The maximum atomic E-state index is 13.0. The van der Waals surface area contributed by atoms with Crippen LogP contribution in [0, 0.1) is 0 Å². The number of hydrogen-bond donors (Lipinski definition) is 2. The van der Waals surface area contributed by atoms with Crippen LogP contribution < -0.4 is 10.6 Å². The van der Waals surface area contributed by atoms with E-state index in [9.17, 15) is 9.59 Å². The molecule has 4 heterocycles. The second-order valence-corrected chi connectivity index (χ2v) is 8.95. The lowest BCUT2D eigenvalue weighted by Gasteiger charge is -2.20. The Kier molecular flexibility index (Phi) is 7.27. The number of halogens is 1. The number of benzene rings is 1. The van der Waals surface area contributed by atoms with Crippen molar-refractivity contribution >= 4 is 35.3 Å². The van der Waals surface area contributed by atoms with E-state index in [1.807, 2.05) is 24.3 Å². The fourth-order valence-electron chi connectivity index (χ4n) is 4.19. The van der Waals surface area contributed by atoms with E-state index in [0.717, 1.165) is 23.2 Å². The van der Waals surface area contributed by atoms with Gasteiger partial charge in [-0.2, -0.15) is 4.68 Å². The van der Waals surface area contributed by atoms with Crippen LogP contribution >= 0.6 is 11.6 Å². The first-order chi connectivity index (χ1) is 18.1. The van der Waals surface area contributed by atoms with Crippen LogP contribution in [0.15, 0.2) is 67.3 Å². The van der Waals surface area contributed by atoms with Crippen LogP contribution in [-0.4, -0.2) is 42.0 Å². The molecular formula is C26H23ClN8O2. The zero-order valence-corrected chi connectivity index (χ0v) is 20.5. The van der Waals surface area contributed by atoms with Crippen molar-refractivity contribution in [3.05, 3.63) is 83.5 Å². The van der Waals surface area contributed by atoms with Gasteiger partial charge in [0.05, 0.1) is 17.4 Å². The molecule has 10 nitrogen and oxygen atoms in total. The molecule has 0 fully saturated rings. The smallest absolute Gasteiger partial charge is 0.244 e. The molecule has 186 valence electrons. The van der Waals surface area contributed by atoms with Crippen LogP contribution in [0.1, 0.15) is 43.0 Å². The minimum Gasteiger partial charge on any atom is -0.344 e. The van der Waals surface area contributed by atoms with Crippen LogP contribution in [0.25, 0.3) is 22.9 Å². The lowest BCUT2D eigenvalue weighted by atomic mass is 9.99. The standard InChI is InChI=1S/C26H23ClN8O2/c27-19-8-9-23(35-16-30-33-34-35)18(14-19)7-10-25(37)31-21-5-1-2-6-24(36)32-26-20(4-3-12-29-26)17-11-13-28-22(21)15-17/h3-4,7-16,21H,1-2,5-6H2,(H,31,37)(H,29,32,36). The number of nitrogens with one attached hydrogen (secondary N) is 2. The van der Waals surface area contributed by atoms with E-state index in [-0.39, 0.29) is 17.9 Å².